The number of aryl methyl sites for hydroxylation is 2. The van der Waals surface area contributed by atoms with Crippen LogP contribution in [-0.2, 0) is 27.8 Å². The van der Waals surface area contributed by atoms with E-state index in [1.807, 2.05) is 63.2 Å². The number of carbonyl (C=O) groups excluding carboxylic acids is 1. The van der Waals surface area contributed by atoms with Gasteiger partial charge in [0.15, 0.2) is 0 Å². The highest BCUT2D eigenvalue weighted by Gasteiger charge is 2.28. The number of carbonyl (C=O) groups is 1. The van der Waals surface area contributed by atoms with Gasteiger partial charge in [-0.3, -0.25) is 4.79 Å². The number of rotatable bonds is 10. The third-order valence-electron chi connectivity index (χ3n) is 5.39. The normalized spacial score (nSPS) is 11.5. The van der Waals surface area contributed by atoms with Gasteiger partial charge in [0.25, 0.3) is 0 Å². The Balaban J connectivity index is 1.93. The van der Waals surface area contributed by atoms with Crippen LogP contribution in [0.15, 0.2) is 70.0 Å². The summed E-state index contributed by atoms with van der Waals surface area (Å²) in [6.45, 7) is 5.79. The molecule has 0 atom stereocenters. The van der Waals surface area contributed by atoms with E-state index in [0.29, 0.717) is 24.5 Å². The molecule has 186 valence electrons. The van der Waals surface area contributed by atoms with Crippen LogP contribution in [0, 0.1) is 6.92 Å². The maximum Gasteiger partial charge on any atom is 0.243 e. The monoisotopic (exact) mass is 578 g/mol. The summed E-state index contributed by atoms with van der Waals surface area (Å²) in [6, 6.07) is 17.3. The predicted octanol–water partition coefficient (Wildman–Crippen LogP) is 6.20. The Morgan fingerprint density at radius 3 is 2.43 bits per heavy atom. The average molecular weight is 580 g/mol. The van der Waals surface area contributed by atoms with Gasteiger partial charge in [0, 0.05) is 16.7 Å². The zero-order valence-electron chi connectivity index (χ0n) is 19.8. The molecular weight excluding hydrogens is 552 g/mol. The molecule has 0 bridgehead atoms. The van der Waals surface area contributed by atoms with Crippen LogP contribution in [0.4, 0.5) is 5.69 Å². The van der Waals surface area contributed by atoms with Crippen molar-refractivity contribution >= 4 is 49.1 Å². The van der Waals surface area contributed by atoms with Crippen LogP contribution >= 0.6 is 27.5 Å². The lowest BCUT2D eigenvalue weighted by Crippen LogP contribution is -2.37. The second kappa shape index (κ2) is 12.0. The lowest BCUT2D eigenvalue weighted by Gasteiger charge is -2.23. The molecule has 0 spiro atoms. The first-order valence-electron chi connectivity index (χ1n) is 11.2. The highest BCUT2D eigenvalue weighted by molar-refractivity contribution is 9.10. The molecule has 3 aromatic rings. The first-order valence-corrected chi connectivity index (χ1v) is 13.8. The fourth-order valence-electron chi connectivity index (χ4n) is 3.69. The molecule has 1 amide bonds. The number of nitrogens with zero attached hydrogens (tertiary/aromatic N) is 1. The van der Waals surface area contributed by atoms with E-state index in [1.165, 1.54) is 18.2 Å². The number of amides is 1. The lowest BCUT2D eigenvalue weighted by atomic mass is 10.1. The minimum absolute atomic E-state index is 0.0104. The molecule has 1 N–H and O–H groups in total. The van der Waals surface area contributed by atoms with Gasteiger partial charge in [-0.1, -0.05) is 64.8 Å². The van der Waals surface area contributed by atoms with E-state index in [-0.39, 0.29) is 23.0 Å². The molecule has 3 aromatic carbocycles. The van der Waals surface area contributed by atoms with Crippen molar-refractivity contribution < 1.29 is 17.9 Å². The van der Waals surface area contributed by atoms with Crippen LogP contribution in [0.5, 0.6) is 5.75 Å². The molecule has 0 aromatic heterocycles. The van der Waals surface area contributed by atoms with Crippen molar-refractivity contribution in [3.05, 3.63) is 86.8 Å². The molecule has 0 aliphatic carbocycles. The topological polar surface area (TPSA) is 75.7 Å². The van der Waals surface area contributed by atoms with Crippen LogP contribution in [0.25, 0.3) is 0 Å². The van der Waals surface area contributed by atoms with Crippen LogP contribution < -0.4 is 10.1 Å². The predicted molar refractivity (Wildman–Crippen MR) is 144 cm³/mol. The van der Waals surface area contributed by atoms with Crippen LogP contribution in [0.2, 0.25) is 5.02 Å². The second-order valence-electron chi connectivity index (χ2n) is 7.94. The minimum Gasteiger partial charge on any atom is -0.492 e. The molecule has 0 saturated heterocycles. The number of hydrogen-bond acceptors (Lipinski definition) is 4. The van der Waals surface area contributed by atoms with Crippen LogP contribution in [-0.4, -0.2) is 31.8 Å². The number of ether oxygens (including phenoxy) is 1. The van der Waals surface area contributed by atoms with Gasteiger partial charge >= 0.3 is 0 Å². The van der Waals surface area contributed by atoms with Gasteiger partial charge in [-0.05, 0) is 67.3 Å². The van der Waals surface area contributed by atoms with Crippen molar-refractivity contribution in [3.8, 4) is 5.75 Å². The van der Waals surface area contributed by atoms with Crippen molar-refractivity contribution in [1.82, 2.24) is 4.31 Å². The van der Waals surface area contributed by atoms with Crippen LogP contribution in [0.3, 0.4) is 0 Å². The van der Waals surface area contributed by atoms with E-state index in [9.17, 15) is 13.2 Å². The first kappa shape index (κ1) is 27.2. The van der Waals surface area contributed by atoms with Gasteiger partial charge in [-0.2, -0.15) is 4.31 Å². The zero-order chi connectivity index (χ0) is 25.6. The molecule has 0 aliphatic heterocycles. The molecule has 0 aliphatic rings. The largest absolute Gasteiger partial charge is 0.492 e. The van der Waals surface area contributed by atoms with Gasteiger partial charge < -0.3 is 10.1 Å². The van der Waals surface area contributed by atoms with E-state index >= 15 is 0 Å². The number of nitrogens with one attached hydrogen (secondary N) is 1. The van der Waals surface area contributed by atoms with E-state index in [0.717, 1.165) is 25.5 Å². The minimum atomic E-state index is -4.05. The Bertz CT molecular complexity index is 1300. The average Bonchev–Trinajstić information content (AvgIpc) is 2.82. The number of hydrogen-bond donors (Lipinski definition) is 1. The summed E-state index contributed by atoms with van der Waals surface area (Å²) in [5.74, 6) is -0.0278. The SMILES string of the molecule is CCOc1ccc(S(=O)(=O)N(CC(=O)Nc2c(C)cc(Br)cc2CC)Cc2ccccc2)cc1Cl. The zero-order valence-corrected chi connectivity index (χ0v) is 23.0. The second-order valence-corrected chi connectivity index (χ2v) is 11.2. The van der Waals surface area contributed by atoms with Gasteiger partial charge in [0.05, 0.1) is 23.1 Å². The number of benzene rings is 3. The van der Waals surface area contributed by atoms with E-state index < -0.39 is 15.9 Å². The maximum absolute atomic E-state index is 13.6. The van der Waals surface area contributed by atoms with Crippen molar-refractivity contribution in [3.63, 3.8) is 0 Å². The molecular formula is C26H28BrClN2O4S. The van der Waals surface area contributed by atoms with E-state index in [2.05, 4.69) is 21.2 Å². The molecule has 3 rings (SSSR count). The molecule has 0 unspecified atom stereocenters. The molecule has 0 saturated carbocycles. The summed E-state index contributed by atoms with van der Waals surface area (Å²) in [7, 11) is -4.05. The quantitative estimate of drug-likeness (QED) is 0.310. The molecule has 0 fully saturated rings. The molecule has 0 heterocycles. The molecule has 0 radical (unpaired) electrons. The summed E-state index contributed by atoms with van der Waals surface area (Å²) in [6.07, 6.45) is 0.715. The maximum atomic E-state index is 13.6. The molecule has 6 nitrogen and oxygen atoms in total. The third kappa shape index (κ3) is 6.85. The summed E-state index contributed by atoms with van der Waals surface area (Å²) in [5.41, 5.74) is 3.30. The Labute approximate surface area is 220 Å². The van der Waals surface area contributed by atoms with Gasteiger partial charge in [0.2, 0.25) is 15.9 Å². The molecule has 9 heteroatoms. The van der Waals surface area contributed by atoms with Crippen LogP contribution in [0.1, 0.15) is 30.5 Å². The van der Waals surface area contributed by atoms with Crippen molar-refractivity contribution in [2.45, 2.75) is 38.6 Å². The highest BCUT2D eigenvalue weighted by Crippen LogP contribution is 2.30. The standard InChI is InChI=1S/C26H28BrClN2O4S/c1-4-20-14-21(27)13-18(3)26(20)29-25(31)17-30(16-19-9-7-6-8-10-19)35(32,33)22-11-12-24(34-5-2)23(28)15-22/h6-15H,4-5,16-17H2,1-3H3,(H,29,31). The highest BCUT2D eigenvalue weighted by atomic mass is 79.9. The van der Waals surface area contributed by atoms with Crippen molar-refractivity contribution in [1.29, 1.82) is 0 Å². The Kier molecular flexibility index (Phi) is 9.35. The number of sulfonamides is 1. The summed E-state index contributed by atoms with van der Waals surface area (Å²) in [4.78, 5) is 13.1. The van der Waals surface area contributed by atoms with E-state index in [1.54, 1.807) is 0 Å². The summed E-state index contributed by atoms with van der Waals surface area (Å²) in [5, 5.41) is 3.11. The fraction of sp³-hybridized carbons (Fsp3) is 0.269. The lowest BCUT2D eigenvalue weighted by molar-refractivity contribution is -0.116. The fourth-order valence-corrected chi connectivity index (χ4v) is 6.02. The summed E-state index contributed by atoms with van der Waals surface area (Å²) >= 11 is 9.75. The smallest absolute Gasteiger partial charge is 0.243 e. The Morgan fingerprint density at radius 1 is 1.09 bits per heavy atom. The number of halogens is 2. The number of anilines is 1. The van der Waals surface area contributed by atoms with Crippen molar-refractivity contribution in [2.24, 2.45) is 0 Å². The van der Waals surface area contributed by atoms with Gasteiger partial charge in [-0.25, -0.2) is 8.42 Å². The molecule has 35 heavy (non-hydrogen) atoms. The van der Waals surface area contributed by atoms with Gasteiger partial charge in [0.1, 0.15) is 5.75 Å². The van der Waals surface area contributed by atoms with Crippen molar-refractivity contribution in [2.75, 3.05) is 18.5 Å². The third-order valence-corrected chi connectivity index (χ3v) is 7.93. The Morgan fingerprint density at radius 2 is 1.80 bits per heavy atom. The van der Waals surface area contributed by atoms with E-state index in [4.69, 9.17) is 16.3 Å². The Hall–Kier alpha value is -2.39. The van der Waals surface area contributed by atoms with Gasteiger partial charge in [-0.15, -0.1) is 0 Å². The first-order chi connectivity index (χ1) is 16.6. The summed E-state index contributed by atoms with van der Waals surface area (Å²) < 4.78 is 34.7.